The number of ether oxygens (including phenoxy) is 1. The van der Waals surface area contributed by atoms with Crippen LogP contribution in [0.3, 0.4) is 0 Å². The van der Waals surface area contributed by atoms with Crippen molar-refractivity contribution in [2.75, 3.05) is 20.2 Å². The van der Waals surface area contributed by atoms with Gasteiger partial charge in [0.15, 0.2) is 0 Å². The fourth-order valence-electron chi connectivity index (χ4n) is 2.51. The number of rotatable bonds is 9. The Hall–Kier alpha value is -0.610. The summed E-state index contributed by atoms with van der Waals surface area (Å²) in [5, 5.41) is 3.33. The van der Waals surface area contributed by atoms with E-state index in [1.165, 1.54) is 7.11 Å². The summed E-state index contributed by atoms with van der Waals surface area (Å²) in [4.78, 5) is 14.4. The number of nitrogens with one attached hydrogen (secondary N) is 1. The summed E-state index contributed by atoms with van der Waals surface area (Å²) in [6, 6.07) is 0.809. The van der Waals surface area contributed by atoms with Crippen molar-refractivity contribution >= 4 is 5.97 Å². The first-order valence-corrected chi connectivity index (χ1v) is 7.37. The van der Waals surface area contributed by atoms with E-state index in [9.17, 15) is 4.79 Å². The molecular formula is C15H32N2O2. The molecule has 0 aromatic carbocycles. The second kappa shape index (κ2) is 8.54. The minimum Gasteiger partial charge on any atom is -0.468 e. The van der Waals surface area contributed by atoms with Crippen LogP contribution in [0.5, 0.6) is 0 Å². The third-order valence-electron chi connectivity index (χ3n) is 3.50. The van der Waals surface area contributed by atoms with E-state index in [-0.39, 0.29) is 12.0 Å². The van der Waals surface area contributed by atoms with Gasteiger partial charge < -0.3 is 9.64 Å². The minimum absolute atomic E-state index is 0.172. The Morgan fingerprint density at radius 3 is 2.26 bits per heavy atom. The molecule has 1 N–H and O–H groups in total. The molecule has 0 fully saturated rings. The van der Waals surface area contributed by atoms with Crippen molar-refractivity contribution in [1.29, 1.82) is 0 Å². The Morgan fingerprint density at radius 1 is 1.32 bits per heavy atom. The van der Waals surface area contributed by atoms with Gasteiger partial charge in [0.2, 0.25) is 0 Å². The van der Waals surface area contributed by atoms with E-state index in [2.05, 4.69) is 31.0 Å². The number of hydrogen-bond donors (Lipinski definition) is 1. The summed E-state index contributed by atoms with van der Waals surface area (Å²) in [6.45, 7) is 14.7. The summed E-state index contributed by atoms with van der Waals surface area (Å²) in [5.74, 6) is -0.172. The van der Waals surface area contributed by atoms with Crippen LogP contribution in [0.2, 0.25) is 0 Å². The minimum atomic E-state index is -0.584. The lowest BCUT2D eigenvalue weighted by atomic mass is 9.94. The monoisotopic (exact) mass is 272 g/mol. The zero-order valence-corrected chi connectivity index (χ0v) is 13.7. The van der Waals surface area contributed by atoms with Gasteiger partial charge in [-0.05, 0) is 60.5 Å². The predicted octanol–water partition coefficient (Wildman–Crippen LogP) is 2.43. The highest BCUT2D eigenvalue weighted by atomic mass is 16.5. The molecule has 0 aliphatic carbocycles. The zero-order chi connectivity index (χ0) is 15.1. The molecule has 0 aliphatic heterocycles. The Morgan fingerprint density at radius 2 is 1.89 bits per heavy atom. The topological polar surface area (TPSA) is 41.6 Å². The fraction of sp³-hybridized carbons (Fsp3) is 0.933. The lowest BCUT2D eigenvalue weighted by Crippen LogP contribution is -2.53. The number of nitrogens with zero attached hydrogens (tertiary/aromatic N) is 1. The summed E-state index contributed by atoms with van der Waals surface area (Å²) in [6.07, 6.45) is 1.78. The third kappa shape index (κ3) is 6.39. The average molecular weight is 272 g/mol. The molecule has 4 heteroatoms. The van der Waals surface area contributed by atoms with Gasteiger partial charge >= 0.3 is 5.97 Å². The Labute approximate surface area is 118 Å². The maximum atomic E-state index is 12.0. The lowest BCUT2D eigenvalue weighted by molar-refractivity contribution is -0.148. The highest BCUT2D eigenvalue weighted by Gasteiger charge is 2.34. The summed E-state index contributed by atoms with van der Waals surface area (Å²) in [5.41, 5.74) is -0.584. The third-order valence-corrected chi connectivity index (χ3v) is 3.50. The van der Waals surface area contributed by atoms with Crippen molar-refractivity contribution in [2.24, 2.45) is 0 Å². The molecule has 0 radical (unpaired) electrons. The second-order valence-corrected chi connectivity index (χ2v) is 5.95. The Balaban J connectivity index is 4.46. The van der Waals surface area contributed by atoms with Crippen LogP contribution in [0.1, 0.15) is 54.4 Å². The smallest absolute Gasteiger partial charge is 0.325 e. The van der Waals surface area contributed by atoms with Gasteiger partial charge in [-0.2, -0.15) is 0 Å². The molecule has 4 nitrogen and oxygen atoms in total. The number of carbonyl (C=O) groups is 1. The molecule has 1 atom stereocenters. The maximum Gasteiger partial charge on any atom is 0.325 e. The van der Waals surface area contributed by atoms with Crippen LogP contribution in [0.15, 0.2) is 0 Å². The van der Waals surface area contributed by atoms with E-state index in [0.29, 0.717) is 6.04 Å². The van der Waals surface area contributed by atoms with Gasteiger partial charge in [0.05, 0.1) is 7.11 Å². The summed E-state index contributed by atoms with van der Waals surface area (Å²) < 4.78 is 4.93. The van der Waals surface area contributed by atoms with Crippen molar-refractivity contribution < 1.29 is 9.53 Å². The van der Waals surface area contributed by atoms with Crippen LogP contribution >= 0.6 is 0 Å². The van der Waals surface area contributed by atoms with Gasteiger partial charge in [-0.1, -0.05) is 6.92 Å². The molecule has 0 spiro atoms. The van der Waals surface area contributed by atoms with Crippen molar-refractivity contribution in [2.45, 2.75) is 72.0 Å². The molecular weight excluding hydrogens is 240 g/mol. The molecule has 19 heavy (non-hydrogen) atoms. The van der Waals surface area contributed by atoms with E-state index >= 15 is 0 Å². The van der Waals surface area contributed by atoms with Crippen LogP contribution in [0, 0.1) is 0 Å². The highest BCUT2D eigenvalue weighted by molar-refractivity contribution is 5.80. The largest absolute Gasteiger partial charge is 0.468 e. The molecule has 114 valence electrons. The maximum absolute atomic E-state index is 12.0. The van der Waals surface area contributed by atoms with Gasteiger partial charge in [-0.3, -0.25) is 10.1 Å². The quantitative estimate of drug-likeness (QED) is 0.655. The molecule has 0 saturated carbocycles. The molecule has 0 bridgehead atoms. The van der Waals surface area contributed by atoms with Gasteiger partial charge in [-0.15, -0.1) is 0 Å². The molecule has 0 rings (SSSR count). The summed E-state index contributed by atoms with van der Waals surface area (Å²) in [7, 11) is 1.45. The molecule has 0 aromatic rings. The van der Waals surface area contributed by atoms with Crippen molar-refractivity contribution in [3.63, 3.8) is 0 Å². The van der Waals surface area contributed by atoms with Gasteiger partial charge in [0.25, 0.3) is 0 Å². The van der Waals surface area contributed by atoms with Crippen LogP contribution in [-0.2, 0) is 9.53 Å². The number of esters is 1. The van der Waals surface area contributed by atoms with Crippen LogP contribution < -0.4 is 5.32 Å². The predicted molar refractivity (Wildman–Crippen MR) is 80.3 cm³/mol. The fourth-order valence-corrected chi connectivity index (χ4v) is 2.51. The number of hydrogen-bond acceptors (Lipinski definition) is 4. The van der Waals surface area contributed by atoms with Gasteiger partial charge in [0.1, 0.15) is 5.54 Å². The lowest BCUT2D eigenvalue weighted by Gasteiger charge is -2.32. The Bertz CT molecular complexity index is 267. The standard InChI is InChI=1S/C15H32N2O2/c1-8-17(13(4)5)11-9-10-15(6,14(18)19-7)16-12(2)3/h12-13,16H,8-11H2,1-7H3. The molecule has 0 amide bonds. The van der Waals surface area contributed by atoms with Crippen LogP contribution in [0.25, 0.3) is 0 Å². The van der Waals surface area contributed by atoms with E-state index in [4.69, 9.17) is 4.74 Å². The molecule has 1 unspecified atom stereocenters. The first kappa shape index (κ1) is 18.4. The van der Waals surface area contributed by atoms with E-state index < -0.39 is 5.54 Å². The zero-order valence-electron chi connectivity index (χ0n) is 13.7. The molecule has 0 aliphatic rings. The van der Waals surface area contributed by atoms with E-state index in [1.807, 2.05) is 20.8 Å². The molecule has 0 saturated heterocycles. The van der Waals surface area contributed by atoms with Crippen molar-refractivity contribution in [1.82, 2.24) is 10.2 Å². The van der Waals surface area contributed by atoms with E-state index in [1.54, 1.807) is 0 Å². The van der Waals surface area contributed by atoms with Gasteiger partial charge in [-0.25, -0.2) is 0 Å². The first-order valence-electron chi connectivity index (χ1n) is 7.37. The normalized spacial score (nSPS) is 15.1. The molecule has 0 heterocycles. The number of methoxy groups -OCH3 is 1. The summed E-state index contributed by atoms with van der Waals surface area (Å²) >= 11 is 0. The Kier molecular flexibility index (Phi) is 8.26. The SMILES string of the molecule is CCN(CCCC(C)(NC(C)C)C(=O)OC)C(C)C. The van der Waals surface area contributed by atoms with Crippen LogP contribution in [0.4, 0.5) is 0 Å². The van der Waals surface area contributed by atoms with E-state index in [0.717, 1.165) is 25.9 Å². The number of carbonyl (C=O) groups excluding carboxylic acids is 1. The van der Waals surface area contributed by atoms with Crippen molar-refractivity contribution in [3.8, 4) is 0 Å². The molecule has 0 aromatic heterocycles. The van der Waals surface area contributed by atoms with Gasteiger partial charge in [0, 0.05) is 12.1 Å². The first-order chi connectivity index (χ1) is 8.76. The highest BCUT2D eigenvalue weighted by Crippen LogP contribution is 2.16. The second-order valence-electron chi connectivity index (χ2n) is 5.95. The van der Waals surface area contributed by atoms with Crippen molar-refractivity contribution in [3.05, 3.63) is 0 Å². The van der Waals surface area contributed by atoms with Crippen LogP contribution in [-0.4, -0.2) is 48.7 Å². The average Bonchev–Trinajstić information content (AvgIpc) is 2.32.